The Morgan fingerprint density at radius 3 is 2.69 bits per heavy atom. The van der Waals surface area contributed by atoms with Crippen molar-refractivity contribution in [1.29, 1.82) is 0 Å². The summed E-state index contributed by atoms with van der Waals surface area (Å²) in [6.07, 6.45) is 2.39. The minimum Gasteiger partial charge on any atom is -0.480 e. The lowest BCUT2D eigenvalue weighted by atomic mass is 10.1. The van der Waals surface area contributed by atoms with E-state index in [1.807, 2.05) is 0 Å². The SMILES string of the molecule is CN(Cc1ccco1)C(=O)C1(C(=O)O)CC1. The molecule has 5 nitrogen and oxygen atoms in total. The normalized spacial score (nSPS) is 16.8. The quantitative estimate of drug-likeness (QED) is 0.776. The van der Waals surface area contributed by atoms with Crippen molar-refractivity contribution in [3.63, 3.8) is 0 Å². The first-order chi connectivity index (χ1) is 7.56. The smallest absolute Gasteiger partial charge is 0.319 e. The summed E-state index contributed by atoms with van der Waals surface area (Å²) in [6.45, 7) is 0.306. The van der Waals surface area contributed by atoms with Gasteiger partial charge in [0.25, 0.3) is 0 Å². The number of hydrogen-bond donors (Lipinski definition) is 1. The lowest BCUT2D eigenvalue weighted by Gasteiger charge is -2.19. The Labute approximate surface area is 92.7 Å². The van der Waals surface area contributed by atoms with E-state index in [-0.39, 0.29) is 5.91 Å². The van der Waals surface area contributed by atoms with Crippen LogP contribution in [0.5, 0.6) is 0 Å². The Bertz CT molecular complexity index is 406. The van der Waals surface area contributed by atoms with Crippen LogP contribution in [0.2, 0.25) is 0 Å². The van der Waals surface area contributed by atoms with Gasteiger partial charge in [-0.15, -0.1) is 0 Å². The summed E-state index contributed by atoms with van der Waals surface area (Å²) < 4.78 is 5.11. The van der Waals surface area contributed by atoms with Crippen LogP contribution >= 0.6 is 0 Å². The molecule has 0 aliphatic heterocycles. The molecule has 1 saturated carbocycles. The molecule has 0 spiro atoms. The average Bonchev–Trinajstić information content (AvgIpc) is 2.91. The lowest BCUT2D eigenvalue weighted by molar-refractivity contribution is -0.153. The van der Waals surface area contributed by atoms with E-state index in [2.05, 4.69) is 0 Å². The van der Waals surface area contributed by atoms with Gasteiger partial charge in [0.15, 0.2) is 0 Å². The van der Waals surface area contributed by atoms with Crippen molar-refractivity contribution in [2.24, 2.45) is 5.41 Å². The summed E-state index contributed by atoms with van der Waals surface area (Å²) in [5.41, 5.74) is -1.17. The molecule has 0 unspecified atom stereocenters. The van der Waals surface area contributed by atoms with Gasteiger partial charge in [0.05, 0.1) is 12.8 Å². The average molecular weight is 223 g/mol. The summed E-state index contributed by atoms with van der Waals surface area (Å²) in [5, 5.41) is 8.98. The van der Waals surface area contributed by atoms with E-state index in [0.717, 1.165) is 0 Å². The molecular weight excluding hydrogens is 210 g/mol. The number of hydrogen-bond acceptors (Lipinski definition) is 3. The molecule has 0 saturated heterocycles. The molecule has 16 heavy (non-hydrogen) atoms. The van der Waals surface area contributed by atoms with Crippen molar-refractivity contribution in [3.8, 4) is 0 Å². The predicted octanol–water partition coefficient (Wildman–Crippen LogP) is 1.10. The summed E-state index contributed by atoms with van der Waals surface area (Å²) in [6, 6.07) is 3.49. The van der Waals surface area contributed by atoms with Gasteiger partial charge < -0.3 is 14.4 Å². The summed E-state index contributed by atoms with van der Waals surface area (Å²) in [5.74, 6) is -0.711. The molecule has 86 valence electrons. The van der Waals surface area contributed by atoms with Crippen molar-refractivity contribution in [1.82, 2.24) is 4.90 Å². The zero-order chi connectivity index (χ0) is 11.8. The van der Waals surface area contributed by atoms with E-state index in [9.17, 15) is 9.59 Å². The molecule has 2 rings (SSSR count). The number of nitrogens with zero attached hydrogens (tertiary/aromatic N) is 1. The van der Waals surface area contributed by atoms with E-state index in [1.165, 1.54) is 11.2 Å². The third kappa shape index (κ3) is 1.68. The Hall–Kier alpha value is -1.78. The van der Waals surface area contributed by atoms with Gasteiger partial charge in [-0.2, -0.15) is 0 Å². The highest BCUT2D eigenvalue weighted by Crippen LogP contribution is 2.47. The van der Waals surface area contributed by atoms with Crippen LogP contribution in [0.25, 0.3) is 0 Å². The largest absolute Gasteiger partial charge is 0.480 e. The zero-order valence-corrected chi connectivity index (χ0v) is 8.97. The second kappa shape index (κ2) is 3.66. The first-order valence-corrected chi connectivity index (χ1v) is 5.07. The van der Waals surface area contributed by atoms with Crippen LogP contribution < -0.4 is 0 Å². The summed E-state index contributed by atoms with van der Waals surface area (Å²) in [4.78, 5) is 24.3. The van der Waals surface area contributed by atoms with Gasteiger partial charge >= 0.3 is 5.97 Å². The molecular formula is C11H13NO4. The number of rotatable bonds is 4. The molecule has 0 radical (unpaired) electrons. The standard InChI is InChI=1S/C11H13NO4/c1-12(7-8-3-2-6-16-8)9(13)11(4-5-11)10(14)15/h2-3,6H,4-5,7H2,1H3,(H,14,15). The van der Waals surface area contributed by atoms with Crippen LogP contribution in [0.4, 0.5) is 0 Å². The minimum absolute atomic E-state index is 0.306. The maximum atomic E-state index is 11.9. The van der Waals surface area contributed by atoms with Crippen LogP contribution in [0.15, 0.2) is 22.8 Å². The molecule has 0 aromatic carbocycles. The van der Waals surface area contributed by atoms with E-state index in [1.54, 1.807) is 19.2 Å². The van der Waals surface area contributed by atoms with Gasteiger partial charge in [0.1, 0.15) is 11.2 Å². The fourth-order valence-electron chi connectivity index (χ4n) is 1.72. The highest BCUT2D eigenvalue weighted by atomic mass is 16.4. The Morgan fingerprint density at radius 1 is 1.56 bits per heavy atom. The van der Waals surface area contributed by atoms with E-state index >= 15 is 0 Å². The van der Waals surface area contributed by atoms with Crippen molar-refractivity contribution in [3.05, 3.63) is 24.2 Å². The van der Waals surface area contributed by atoms with Crippen molar-refractivity contribution < 1.29 is 19.1 Å². The maximum Gasteiger partial charge on any atom is 0.319 e. The number of carboxylic acid groups (broad SMARTS) is 1. The molecule has 1 aliphatic carbocycles. The summed E-state index contributed by atoms with van der Waals surface area (Å²) >= 11 is 0. The van der Waals surface area contributed by atoms with Gasteiger partial charge in [-0.1, -0.05) is 0 Å². The molecule has 0 atom stereocenters. The van der Waals surface area contributed by atoms with Crippen LogP contribution in [0.3, 0.4) is 0 Å². The monoisotopic (exact) mass is 223 g/mol. The van der Waals surface area contributed by atoms with Crippen molar-refractivity contribution in [2.75, 3.05) is 7.05 Å². The van der Waals surface area contributed by atoms with E-state index in [4.69, 9.17) is 9.52 Å². The van der Waals surface area contributed by atoms with E-state index in [0.29, 0.717) is 25.1 Å². The number of furan rings is 1. The first-order valence-electron chi connectivity index (χ1n) is 5.07. The number of amides is 1. The fraction of sp³-hybridized carbons (Fsp3) is 0.455. The van der Waals surface area contributed by atoms with Crippen LogP contribution in [-0.4, -0.2) is 28.9 Å². The molecule has 1 N–H and O–H groups in total. The molecule has 1 fully saturated rings. The number of aliphatic carboxylic acids is 1. The van der Waals surface area contributed by atoms with Crippen molar-refractivity contribution >= 4 is 11.9 Å². The Balaban J connectivity index is 2.03. The molecule has 1 heterocycles. The molecule has 1 aliphatic rings. The Kier molecular flexibility index (Phi) is 2.46. The maximum absolute atomic E-state index is 11.9. The second-order valence-corrected chi connectivity index (χ2v) is 4.13. The number of carbonyl (C=O) groups is 2. The number of carbonyl (C=O) groups excluding carboxylic acids is 1. The van der Waals surface area contributed by atoms with Crippen LogP contribution in [0.1, 0.15) is 18.6 Å². The fourth-order valence-corrected chi connectivity index (χ4v) is 1.72. The molecule has 5 heteroatoms. The number of carboxylic acids is 1. The molecule has 1 aromatic rings. The minimum atomic E-state index is -1.17. The first kappa shape index (κ1) is 10.7. The van der Waals surface area contributed by atoms with Crippen molar-refractivity contribution in [2.45, 2.75) is 19.4 Å². The third-order valence-electron chi connectivity index (χ3n) is 2.89. The predicted molar refractivity (Wildman–Crippen MR) is 54.5 cm³/mol. The highest BCUT2D eigenvalue weighted by molar-refractivity contribution is 6.04. The topological polar surface area (TPSA) is 70.8 Å². The van der Waals surface area contributed by atoms with Gasteiger partial charge in [-0.05, 0) is 25.0 Å². The Morgan fingerprint density at radius 2 is 2.25 bits per heavy atom. The third-order valence-corrected chi connectivity index (χ3v) is 2.89. The van der Waals surface area contributed by atoms with Gasteiger partial charge in [0, 0.05) is 7.05 Å². The summed E-state index contributed by atoms with van der Waals surface area (Å²) in [7, 11) is 1.59. The molecule has 1 amide bonds. The van der Waals surface area contributed by atoms with Crippen LogP contribution in [-0.2, 0) is 16.1 Å². The highest BCUT2D eigenvalue weighted by Gasteiger charge is 2.58. The zero-order valence-electron chi connectivity index (χ0n) is 8.97. The second-order valence-electron chi connectivity index (χ2n) is 4.13. The molecule has 1 aromatic heterocycles. The van der Waals surface area contributed by atoms with Crippen LogP contribution in [0, 0.1) is 5.41 Å². The molecule has 0 bridgehead atoms. The van der Waals surface area contributed by atoms with Gasteiger partial charge in [0.2, 0.25) is 5.91 Å². The van der Waals surface area contributed by atoms with Gasteiger partial charge in [-0.25, -0.2) is 0 Å². The van der Waals surface area contributed by atoms with E-state index < -0.39 is 11.4 Å². The van der Waals surface area contributed by atoms with Gasteiger partial charge in [-0.3, -0.25) is 9.59 Å². The lowest BCUT2D eigenvalue weighted by Crippen LogP contribution is -2.38.